The van der Waals surface area contributed by atoms with Crippen LogP contribution in [0.25, 0.3) is 11.3 Å². The van der Waals surface area contributed by atoms with E-state index >= 15 is 0 Å². The summed E-state index contributed by atoms with van der Waals surface area (Å²) >= 11 is 0. The number of piperidine rings is 1. The molecule has 160 valence electrons. The van der Waals surface area contributed by atoms with E-state index in [9.17, 15) is 14.7 Å². The van der Waals surface area contributed by atoms with Gasteiger partial charge in [0.2, 0.25) is 5.91 Å². The molecule has 0 radical (unpaired) electrons. The summed E-state index contributed by atoms with van der Waals surface area (Å²) in [5.74, 6) is 0.0965. The minimum atomic E-state index is -1.04. The molecule has 0 spiro atoms. The Kier molecular flexibility index (Phi) is 6.18. The third-order valence-electron chi connectivity index (χ3n) is 5.72. The molecular formula is C23H25N5O3. The van der Waals surface area contributed by atoms with Gasteiger partial charge in [-0.3, -0.25) is 14.2 Å². The first-order chi connectivity index (χ1) is 15.0. The van der Waals surface area contributed by atoms with Crippen molar-refractivity contribution >= 4 is 5.91 Å². The quantitative estimate of drug-likeness (QED) is 0.652. The second kappa shape index (κ2) is 9.18. The highest BCUT2D eigenvalue weighted by molar-refractivity contribution is 5.76. The van der Waals surface area contributed by atoms with Crippen LogP contribution in [0.2, 0.25) is 0 Å². The van der Waals surface area contributed by atoms with Gasteiger partial charge in [-0.1, -0.05) is 30.3 Å². The molecule has 4 rings (SSSR count). The highest BCUT2D eigenvalue weighted by Crippen LogP contribution is 2.24. The molecule has 1 aliphatic rings. The van der Waals surface area contributed by atoms with Gasteiger partial charge in [-0.05, 0) is 24.8 Å². The topological polar surface area (TPSA) is 101 Å². The molecule has 0 aliphatic carbocycles. The molecule has 8 heteroatoms. The third kappa shape index (κ3) is 5.21. The lowest BCUT2D eigenvalue weighted by Crippen LogP contribution is -2.49. The van der Waals surface area contributed by atoms with E-state index in [2.05, 4.69) is 15.0 Å². The smallest absolute Gasteiger partial charge is 0.253 e. The number of nitrogens with zero attached hydrogens (tertiary/aromatic N) is 5. The number of likely N-dealkylation sites (tertiary alicyclic amines) is 1. The summed E-state index contributed by atoms with van der Waals surface area (Å²) in [5.41, 5.74) is 1.00. The summed E-state index contributed by atoms with van der Waals surface area (Å²) < 4.78 is 1.42. The number of aromatic nitrogens is 4. The maximum Gasteiger partial charge on any atom is 0.253 e. The first-order valence-corrected chi connectivity index (χ1v) is 10.4. The van der Waals surface area contributed by atoms with E-state index in [0.717, 1.165) is 5.56 Å². The summed E-state index contributed by atoms with van der Waals surface area (Å²) in [6.45, 7) is 1.11. The molecular weight excluding hydrogens is 394 g/mol. The molecule has 0 atom stereocenters. The maximum absolute atomic E-state index is 12.5. The molecule has 1 aromatic carbocycles. The monoisotopic (exact) mass is 419 g/mol. The van der Waals surface area contributed by atoms with Gasteiger partial charge < -0.3 is 10.0 Å². The number of carbonyl (C=O) groups excluding carboxylic acids is 1. The highest BCUT2D eigenvalue weighted by atomic mass is 16.3. The van der Waals surface area contributed by atoms with Crippen molar-refractivity contribution < 1.29 is 9.90 Å². The van der Waals surface area contributed by atoms with Crippen LogP contribution in [0.3, 0.4) is 0 Å². The molecule has 8 nitrogen and oxygen atoms in total. The Hall–Kier alpha value is -3.39. The van der Waals surface area contributed by atoms with Gasteiger partial charge in [-0.25, -0.2) is 15.0 Å². The van der Waals surface area contributed by atoms with Gasteiger partial charge in [-0.15, -0.1) is 0 Å². The molecule has 1 fully saturated rings. The van der Waals surface area contributed by atoms with Crippen LogP contribution >= 0.6 is 0 Å². The molecule has 2 aromatic heterocycles. The third-order valence-corrected chi connectivity index (χ3v) is 5.72. The standard InChI is InChI=1S/C23H25N5O3/c29-21(7-6-18-4-2-1-3-5-18)27-10-8-23(31,9-11-27)15-28-17-26-20(12-22(28)30)19-13-24-16-25-14-19/h1-5,12-14,16-17,31H,6-11,15H2. The maximum atomic E-state index is 12.5. The lowest BCUT2D eigenvalue weighted by atomic mass is 9.91. The molecule has 1 saturated heterocycles. The van der Waals surface area contributed by atoms with Gasteiger partial charge in [0, 0.05) is 43.5 Å². The molecule has 31 heavy (non-hydrogen) atoms. The van der Waals surface area contributed by atoms with Crippen LogP contribution in [0.1, 0.15) is 24.8 Å². The van der Waals surface area contributed by atoms with Crippen molar-refractivity contribution in [3.8, 4) is 11.3 Å². The van der Waals surface area contributed by atoms with Crippen molar-refractivity contribution in [2.24, 2.45) is 0 Å². The van der Waals surface area contributed by atoms with Crippen LogP contribution in [-0.2, 0) is 17.8 Å². The summed E-state index contributed by atoms with van der Waals surface area (Å²) in [4.78, 5) is 39.1. The minimum absolute atomic E-state index is 0.0965. The van der Waals surface area contributed by atoms with Gasteiger partial charge in [0.25, 0.3) is 5.56 Å². The average Bonchev–Trinajstić information content (AvgIpc) is 2.80. The normalized spacial score (nSPS) is 15.6. The van der Waals surface area contributed by atoms with Crippen molar-refractivity contribution in [1.29, 1.82) is 0 Å². The fourth-order valence-corrected chi connectivity index (χ4v) is 3.84. The Labute approximate surface area is 180 Å². The Morgan fingerprint density at radius 2 is 1.81 bits per heavy atom. The van der Waals surface area contributed by atoms with E-state index in [1.54, 1.807) is 17.3 Å². The lowest BCUT2D eigenvalue weighted by molar-refractivity contribution is -0.135. The number of hydrogen-bond donors (Lipinski definition) is 1. The zero-order valence-corrected chi connectivity index (χ0v) is 17.2. The van der Waals surface area contributed by atoms with Crippen LogP contribution in [-0.4, -0.2) is 54.1 Å². The number of rotatable bonds is 6. The molecule has 0 unspecified atom stereocenters. The number of aryl methyl sites for hydroxylation is 1. The fourth-order valence-electron chi connectivity index (χ4n) is 3.84. The molecule has 1 amide bonds. The average molecular weight is 419 g/mol. The summed E-state index contributed by atoms with van der Waals surface area (Å²) in [7, 11) is 0. The minimum Gasteiger partial charge on any atom is -0.388 e. The predicted octanol–water partition coefficient (Wildman–Crippen LogP) is 1.69. The summed E-state index contributed by atoms with van der Waals surface area (Å²) in [5, 5.41) is 11.0. The fraction of sp³-hybridized carbons (Fsp3) is 0.348. The second-order valence-corrected chi connectivity index (χ2v) is 7.96. The lowest BCUT2D eigenvalue weighted by Gasteiger charge is -2.38. The number of amides is 1. The van der Waals surface area contributed by atoms with Crippen LogP contribution < -0.4 is 5.56 Å². The van der Waals surface area contributed by atoms with E-state index in [4.69, 9.17) is 0 Å². The van der Waals surface area contributed by atoms with Gasteiger partial charge in [-0.2, -0.15) is 0 Å². The van der Waals surface area contributed by atoms with Gasteiger partial charge in [0.05, 0.1) is 24.2 Å². The largest absolute Gasteiger partial charge is 0.388 e. The van der Waals surface area contributed by atoms with E-state index in [1.807, 2.05) is 30.3 Å². The number of carbonyl (C=O) groups is 1. The molecule has 0 bridgehead atoms. The van der Waals surface area contributed by atoms with Gasteiger partial charge in [0.15, 0.2) is 0 Å². The predicted molar refractivity (Wildman–Crippen MR) is 115 cm³/mol. The molecule has 0 saturated carbocycles. The van der Waals surface area contributed by atoms with Crippen LogP contribution in [0.15, 0.2) is 66.2 Å². The van der Waals surface area contributed by atoms with Crippen molar-refractivity contribution in [3.05, 3.63) is 77.4 Å². The molecule has 3 aromatic rings. The van der Waals surface area contributed by atoms with Crippen LogP contribution in [0, 0.1) is 0 Å². The number of hydrogen-bond acceptors (Lipinski definition) is 6. The van der Waals surface area contributed by atoms with Crippen LogP contribution in [0.5, 0.6) is 0 Å². The summed E-state index contributed by atoms with van der Waals surface area (Å²) in [6.07, 6.45) is 8.06. The first kappa shape index (κ1) is 20.9. The van der Waals surface area contributed by atoms with Crippen molar-refractivity contribution in [3.63, 3.8) is 0 Å². The Bertz CT molecular complexity index is 1080. The SMILES string of the molecule is O=C(CCc1ccccc1)N1CCC(O)(Cn2cnc(-c3cncnc3)cc2=O)CC1. The molecule has 1 N–H and O–H groups in total. The summed E-state index contributed by atoms with van der Waals surface area (Å²) in [6, 6.07) is 11.4. The molecule has 3 heterocycles. The van der Waals surface area contributed by atoms with Gasteiger partial charge >= 0.3 is 0 Å². The zero-order chi connectivity index (χ0) is 21.7. The highest BCUT2D eigenvalue weighted by Gasteiger charge is 2.34. The van der Waals surface area contributed by atoms with Crippen LogP contribution in [0.4, 0.5) is 0 Å². The first-order valence-electron chi connectivity index (χ1n) is 10.4. The van der Waals surface area contributed by atoms with Gasteiger partial charge in [0.1, 0.15) is 6.33 Å². The van der Waals surface area contributed by atoms with E-state index in [0.29, 0.717) is 50.0 Å². The van der Waals surface area contributed by atoms with E-state index in [-0.39, 0.29) is 18.0 Å². The molecule has 1 aliphatic heterocycles. The number of benzene rings is 1. The van der Waals surface area contributed by atoms with E-state index < -0.39 is 5.60 Å². The van der Waals surface area contributed by atoms with E-state index in [1.165, 1.54) is 23.3 Å². The Morgan fingerprint density at radius 3 is 2.48 bits per heavy atom. The second-order valence-electron chi connectivity index (χ2n) is 7.96. The van der Waals surface area contributed by atoms with Crippen molar-refractivity contribution in [1.82, 2.24) is 24.4 Å². The Morgan fingerprint density at radius 1 is 1.10 bits per heavy atom. The Balaban J connectivity index is 1.33. The van der Waals surface area contributed by atoms with Crippen molar-refractivity contribution in [2.45, 2.75) is 37.8 Å². The number of aliphatic hydroxyl groups is 1. The zero-order valence-electron chi connectivity index (χ0n) is 17.2. The van der Waals surface area contributed by atoms with Crippen molar-refractivity contribution in [2.75, 3.05) is 13.1 Å².